The zero-order chi connectivity index (χ0) is 16.0. The first-order chi connectivity index (χ1) is 10.3. The summed E-state index contributed by atoms with van der Waals surface area (Å²) in [5.41, 5.74) is 4.78. The van der Waals surface area contributed by atoms with Gasteiger partial charge in [0.1, 0.15) is 0 Å². The Morgan fingerprint density at radius 3 is 1.33 bits per heavy atom. The van der Waals surface area contributed by atoms with E-state index < -0.39 is 0 Å². The molecule has 0 aliphatic carbocycles. The molecule has 0 bridgehead atoms. The summed E-state index contributed by atoms with van der Waals surface area (Å²) in [5.74, 6) is 0. The molecule has 3 heteroatoms. The van der Waals surface area contributed by atoms with Crippen LogP contribution in [0.15, 0.2) is 0 Å². The van der Waals surface area contributed by atoms with Crippen LogP contribution in [0.4, 0.5) is 0 Å². The van der Waals surface area contributed by atoms with Crippen LogP contribution in [0.3, 0.4) is 0 Å². The maximum atomic E-state index is 7.75. The fraction of sp³-hybridized carbons (Fsp3) is 1.00. The minimum atomic E-state index is 0.0972. The second kappa shape index (κ2) is 24.9. The Morgan fingerprint density at radius 2 is 1.00 bits per heavy atom. The molecule has 0 amide bonds. The molecule has 0 aliphatic heterocycles. The molecule has 0 saturated heterocycles. The van der Waals surface area contributed by atoms with E-state index in [1.807, 2.05) is 0 Å². The normalized spacial score (nSPS) is 10.3. The molecule has 4 N–H and O–H groups in total. The molecule has 130 valence electrons. The van der Waals surface area contributed by atoms with Crippen LogP contribution < -0.4 is 11.1 Å². The zero-order valence-electron chi connectivity index (χ0n) is 14.8. The van der Waals surface area contributed by atoms with Gasteiger partial charge in [-0.2, -0.15) is 0 Å². The summed E-state index contributed by atoms with van der Waals surface area (Å²) in [5, 5.41) is 11.3. The van der Waals surface area contributed by atoms with Gasteiger partial charge in [0.25, 0.3) is 0 Å². The summed E-state index contributed by atoms with van der Waals surface area (Å²) < 4.78 is 0. The molecule has 0 atom stereocenters. The van der Waals surface area contributed by atoms with Gasteiger partial charge in [0.15, 0.2) is 0 Å². The van der Waals surface area contributed by atoms with Crippen molar-refractivity contribution in [3.8, 4) is 0 Å². The van der Waals surface area contributed by atoms with Gasteiger partial charge in [-0.1, -0.05) is 78.1 Å². The lowest BCUT2D eigenvalue weighted by atomic mass is 10.1. The van der Waals surface area contributed by atoms with Crippen LogP contribution in [0, 0.1) is 0 Å². The lowest BCUT2D eigenvalue weighted by Gasteiger charge is -2.04. The first-order valence-electron chi connectivity index (χ1n) is 9.35. The predicted octanol–water partition coefficient (Wildman–Crippen LogP) is 4.23. The Morgan fingerprint density at radius 1 is 0.667 bits per heavy atom. The molecule has 21 heavy (non-hydrogen) atoms. The van der Waals surface area contributed by atoms with Crippen LogP contribution in [-0.4, -0.2) is 31.3 Å². The molecule has 0 spiro atoms. The molecule has 0 heterocycles. The van der Waals surface area contributed by atoms with Gasteiger partial charge in [-0.3, -0.25) is 0 Å². The van der Waals surface area contributed by atoms with E-state index in [4.69, 9.17) is 10.8 Å². The maximum absolute atomic E-state index is 7.75. The smallest absolute Gasteiger partial charge is 0.0553 e. The van der Waals surface area contributed by atoms with Crippen molar-refractivity contribution in [1.82, 2.24) is 5.32 Å². The molecule has 0 aromatic carbocycles. The van der Waals surface area contributed by atoms with E-state index in [2.05, 4.69) is 19.2 Å². The van der Waals surface area contributed by atoms with E-state index >= 15 is 0 Å². The van der Waals surface area contributed by atoms with Gasteiger partial charge in [0.05, 0.1) is 6.61 Å². The number of unbranched alkanes of at least 4 members (excludes halogenated alkanes) is 10. The highest BCUT2D eigenvalue weighted by molar-refractivity contribution is 4.51. The van der Waals surface area contributed by atoms with Crippen molar-refractivity contribution in [3.63, 3.8) is 0 Å². The third-order valence-corrected chi connectivity index (χ3v) is 3.54. The first kappa shape index (κ1) is 23.2. The average molecular weight is 303 g/mol. The van der Waals surface area contributed by atoms with Gasteiger partial charge in [0, 0.05) is 6.54 Å². The molecule has 0 unspecified atom stereocenters. The van der Waals surface area contributed by atoms with E-state index in [0.717, 1.165) is 0 Å². The highest BCUT2D eigenvalue weighted by Crippen LogP contribution is 2.05. The quantitative estimate of drug-likeness (QED) is 0.397. The van der Waals surface area contributed by atoms with Crippen molar-refractivity contribution in [2.45, 2.75) is 90.9 Å². The Hall–Kier alpha value is -0.120. The molecule has 0 aromatic heterocycles. The second-order valence-electron chi connectivity index (χ2n) is 5.80. The summed E-state index contributed by atoms with van der Waals surface area (Å²) in [7, 11) is 0. The summed E-state index contributed by atoms with van der Waals surface area (Å²) >= 11 is 0. The van der Waals surface area contributed by atoms with Crippen LogP contribution in [0.5, 0.6) is 0 Å². The van der Waals surface area contributed by atoms with Gasteiger partial charge in [-0.25, -0.2) is 0 Å². The first-order valence-corrected chi connectivity index (χ1v) is 9.35. The number of aliphatic hydroxyl groups excluding tert-OH is 1. The number of rotatable bonds is 15. The lowest BCUT2D eigenvalue weighted by Crippen LogP contribution is -2.16. The van der Waals surface area contributed by atoms with Gasteiger partial charge in [0.2, 0.25) is 0 Å². The molecule has 0 aromatic rings. The number of aliphatic hydroxyl groups is 1. The fourth-order valence-corrected chi connectivity index (χ4v) is 2.19. The number of hydrogen-bond donors (Lipinski definition) is 3. The largest absolute Gasteiger partial charge is 0.395 e. The zero-order valence-corrected chi connectivity index (χ0v) is 14.8. The Balaban J connectivity index is 0. The molecule has 0 fully saturated rings. The fourth-order valence-electron chi connectivity index (χ4n) is 2.19. The van der Waals surface area contributed by atoms with Crippen LogP contribution in [0.2, 0.25) is 0 Å². The third kappa shape index (κ3) is 28.7. The predicted molar refractivity (Wildman–Crippen MR) is 95.8 cm³/mol. The minimum absolute atomic E-state index is 0.0972. The SMILES string of the molecule is CCCCCCCCNCCCCCCCC.NCCO. The Labute approximate surface area is 134 Å². The highest BCUT2D eigenvalue weighted by atomic mass is 16.3. The number of hydrogen-bond acceptors (Lipinski definition) is 3. The average Bonchev–Trinajstić information content (AvgIpc) is 2.52. The number of nitrogens with two attached hydrogens (primary N) is 1. The topological polar surface area (TPSA) is 58.3 Å². The summed E-state index contributed by atoms with van der Waals surface area (Å²) in [4.78, 5) is 0. The van der Waals surface area contributed by atoms with E-state index in [0.29, 0.717) is 6.54 Å². The van der Waals surface area contributed by atoms with Crippen molar-refractivity contribution in [1.29, 1.82) is 0 Å². The highest BCUT2D eigenvalue weighted by Gasteiger charge is 1.92. The van der Waals surface area contributed by atoms with Crippen molar-refractivity contribution in [2.75, 3.05) is 26.2 Å². The molecule has 0 rings (SSSR count). The van der Waals surface area contributed by atoms with E-state index in [-0.39, 0.29) is 6.61 Å². The summed E-state index contributed by atoms with van der Waals surface area (Å²) in [6, 6.07) is 0. The summed E-state index contributed by atoms with van der Waals surface area (Å²) in [6.07, 6.45) is 16.9. The Bertz CT molecular complexity index is 138. The van der Waals surface area contributed by atoms with Gasteiger partial charge in [-0.05, 0) is 25.9 Å². The third-order valence-electron chi connectivity index (χ3n) is 3.54. The van der Waals surface area contributed by atoms with Gasteiger partial charge >= 0.3 is 0 Å². The lowest BCUT2D eigenvalue weighted by molar-refractivity contribution is 0.306. The van der Waals surface area contributed by atoms with E-state index in [9.17, 15) is 0 Å². The van der Waals surface area contributed by atoms with Crippen LogP contribution >= 0.6 is 0 Å². The molecule has 3 nitrogen and oxygen atoms in total. The molecule has 0 aliphatic rings. The standard InChI is InChI=1S/C16H35N.C2H7NO/c1-3-5-7-9-11-13-15-17-16-14-12-10-8-6-4-2;3-1-2-4/h17H,3-16H2,1-2H3;4H,1-3H2. The minimum Gasteiger partial charge on any atom is -0.395 e. The van der Waals surface area contributed by atoms with Crippen molar-refractivity contribution >= 4 is 0 Å². The van der Waals surface area contributed by atoms with Crippen molar-refractivity contribution in [3.05, 3.63) is 0 Å². The van der Waals surface area contributed by atoms with Gasteiger partial charge < -0.3 is 16.2 Å². The van der Waals surface area contributed by atoms with Crippen molar-refractivity contribution in [2.24, 2.45) is 5.73 Å². The van der Waals surface area contributed by atoms with Crippen LogP contribution in [0.25, 0.3) is 0 Å². The molecular weight excluding hydrogens is 260 g/mol. The van der Waals surface area contributed by atoms with Crippen LogP contribution in [-0.2, 0) is 0 Å². The van der Waals surface area contributed by atoms with E-state index in [1.54, 1.807) is 0 Å². The summed E-state index contributed by atoms with van der Waals surface area (Å²) in [6.45, 7) is 7.51. The van der Waals surface area contributed by atoms with Crippen molar-refractivity contribution < 1.29 is 5.11 Å². The molecular formula is C18H42N2O. The van der Waals surface area contributed by atoms with Gasteiger partial charge in [-0.15, -0.1) is 0 Å². The maximum Gasteiger partial charge on any atom is 0.0553 e. The Kier molecular flexibility index (Phi) is 27.4. The van der Waals surface area contributed by atoms with Crippen LogP contribution in [0.1, 0.15) is 90.9 Å². The van der Waals surface area contributed by atoms with E-state index in [1.165, 1.54) is 90.1 Å². The monoisotopic (exact) mass is 302 g/mol. The second-order valence-corrected chi connectivity index (χ2v) is 5.80. The molecule has 0 saturated carbocycles. The number of nitrogens with one attached hydrogen (secondary N) is 1. The molecule has 0 radical (unpaired) electrons.